The number of amides is 1. The highest BCUT2D eigenvalue weighted by Crippen LogP contribution is 2.20. The van der Waals surface area contributed by atoms with Crippen molar-refractivity contribution in [2.75, 3.05) is 38.7 Å². The molecule has 7 heteroatoms. The van der Waals surface area contributed by atoms with E-state index in [4.69, 9.17) is 0 Å². The molecule has 1 fully saturated rings. The molecule has 1 aliphatic rings. The number of nitrogens with zero attached hydrogens (tertiary/aromatic N) is 3. The molecule has 2 aromatic rings. The fourth-order valence-electron chi connectivity index (χ4n) is 3.66. The van der Waals surface area contributed by atoms with E-state index in [1.807, 2.05) is 67.5 Å². The van der Waals surface area contributed by atoms with Gasteiger partial charge >= 0.3 is 0 Å². The number of sulfone groups is 1. The van der Waals surface area contributed by atoms with Crippen molar-refractivity contribution in [2.24, 2.45) is 0 Å². The van der Waals surface area contributed by atoms with Gasteiger partial charge in [-0.25, -0.2) is 8.42 Å². The van der Waals surface area contributed by atoms with Crippen molar-refractivity contribution in [1.82, 2.24) is 14.4 Å². The Morgan fingerprint density at radius 2 is 1.79 bits per heavy atom. The average molecular weight is 404 g/mol. The zero-order valence-electron chi connectivity index (χ0n) is 16.6. The molecule has 2 heterocycles. The van der Waals surface area contributed by atoms with Crippen molar-refractivity contribution in [3.8, 4) is 5.69 Å². The van der Waals surface area contributed by atoms with Gasteiger partial charge in [-0.2, -0.15) is 0 Å². The Bertz CT molecular complexity index is 874. The third-order valence-electron chi connectivity index (χ3n) is 5.17. The minimum atomic E-state index is -3.03. The van der Waals surface area contributed by atoms with Crippen LogP contribution >= 0.6 is 0 Å². The lowest BCUT2D eigenvalue weighted by Gasteiger charge is -2.29. The maximum Gasteiger partial charge on any atom is 0.227 e. The van der Waals surface area contributed by atoms with Crippen LogP contribution in [0.4, 0.5) is 0 Å². The van der Waals surface area contributed by atoms with Crippen LogP contribution in [0.3, 0.4) is 0 Å². The van der Waals surface area contributed by atoms with Crippen LogP contribution in [-0.2, 0) is 21.1 Å². The van der Waals surface area contributed by atoms with Crippen LogP contribution in [0.1, 0.15) is 18.4 Å². The monoisotopic (exact) mass is 403 g/mol. The summed E-state index contributed by atoms with van der Waals surface area (Å²) < 4.78 is 25.8. The van der Waals surface area contributed by atoms with E-state index in [9.17, 15) is 13.2 Å². The summed E-state index contributed by atoms with van der Waals surface area (Å²) in [5.74, 6) is 0.281. The van der Waals surface area contributed by atoms with Gasteiger partial charge < -0.3 is 14.4 Å². The van der Waals surface area contributed by atoms with Crippen LogP contribution < -0.4 is 0 Å². The molecule has 1 aromatic heterocycles. The molecule has 152 valence electrons. The molecule has 1 amide bonds. The third-order valence-corrected chi connectivity index (χ3v) is 6.92. The minimum Gasteiger partial charge on any atom is -0.338 e. The molecule has 0 bridgehead atoms. The predicted octanol–water partition coefficient (Wildman–Crippen LogP) is 1.99. The normalized spacial score (nSPS) is 18.5. The fraction of sp³-hybridized carbons (Fsp3) is 0.476. The molecule has 28 heavy (non-hydrogen) atoms. The summed E-state index contributed by atoms with van der Waals surface area (Å²) in [6, 6.07) is 11.7. The van der Waals surface area contributed by atoms with Crippen molar-refractivity contribution in [2.45, 2.75) is 25.3 Å². The molecular formula is C21H29N3O3S. The second kappa shape index (κ2) is 8.92. The highest BCUT2D eigenvalue weighted by atomic mass is 32.2. The topological polar surface area (TPSA) is 62.6 Å². The standard InChI is InChI=1S/C21H29N3O3S/c1-22(2)11-5-14-24(20-10-15-28(26,27)17-20)21(25)16-18-6-8-19(9-7-18)23-12-3-4-13-23/h3-4,6-9,12-13,20H,5,10-11,14-17H2,1-2H3. The van der Waals surface area contributed by atoms with Crippen LogP contribution in [0.15, 0.2) is 48.8 Å². The summed E-state index contributed by atoms with van der Waals surface area (Å²) in [5.41, 5.74) is 1.99. The number of carbonyl (C=O) groups excluding carboxylic acids is 1. The number of rotatable bonds is 8. The Labute approximate surface area is 167 Å². The van der Waals surface area contributed by atoms with E-state index >= 15 is 0 Å². The number of benzene rings is 1. The molecule has 0 aliphatic carbocycles. The summed E-state index contributed by atoms with van der Waals surface area (Å²) in [7, 11) is 0.971. The van der Waals surface area contributed by atoms with E-state index in [1.54, 1.807) is 4.90 Å². The number of aromatic nitrogens is 1. The molecule has 0 saturated carbocycles. The molecular weight excluding hydrogens is 374 g/mol. The molecule has 3 rings (SSSR count). The van der Waals surface area contributed by atoms with E-state index in [0.29, 0.717) is 19.4 Å². The van der Waals surface area contributed by atoms with E-state index < -0.39 is 9.84 Å². The molecule has 0 spiro atoms. The predicted molar refractivity (Wildman–Crippen MR) is 111 cm³/mol. The Morgan fingerprint density at radius 1 is 1.11 bits per heavy atom. The Kier molecular flexibility index (Phi) is 6.57. The SMILES string of the molecule is CN(C)CCCN(C(=O)Cc1ccc(-n2cccc2)cc1)C1CCS(=O)(=O)C1. The van der Waals surface area contributed by atoms with Crippen molar-refractivity contribution >= 4 is 15.7 Å². The Balaban J connectivity index is 1.67. The van der Waals surface area contributed by atoms with Gasteiger partial charge in [0.2, 0.25) is 5.91 Å². The van der Waals surface area contributed by atoms with Crippen LogP contribution in [0, 0.1) is 0 Å². The molecule has 1 unspecified atom stereocenters. The lowest BCUT2D eigenvalue weighted by Crippen LogP contribution is -2.43. The second-order valence-corrected chi connectivity index (χ2v) is 9.96. The summed E-state index contributed by atoms with van der Waals surface area (Å²) >= 11 is 0. The molecule has 1 aromatic carbocycles. The van der Waals surface area contributed by atoms with Crippen molar-refractivity contribution in [1.29, 1.82) is 0 Å². The molecule has 6 nitrogen and oxygen atoms in total. The van der Waals surface area contributed by atoms with E-state index in [2.05, 4.69) is 4.90 Å². The number of hydrogen-bond acceptors (Lipinski definition) is 4. The van der Waals surface area contributed by atoms with E-state index in [1.165, 1.54) is 0 Å². The van der Waals surface area contributed by atoms with Crippen molar-refractivity contribution < 1.29 is 13.2 Å². The van der Waals surface area contributed by atoms with Crippen molar-refractivity contribution in [3.05, 3.63) is 54.4 Å². The zero-order chi connectivity index (χ0) is 20.1. The average Bonchev–Trinajstić information content (AvgIpc) is 3.29. The summed E-state index contributed by atoms with van der Waals surface area (Å²) in [4.78, 5) is 16.9. The largest absolute Gasteiger partial charge is 0.338 e. The minimum absolute atomic E-state index is 0.00886. The van der Waals surface area contributed by atoms with Gasteiger partial charge in [-0.1, -0.05) is 12.1 Å². The van der Waals surface area contributed by atoms with Gasteiger partial charge in [0.05, 0.1) is 17.9 Å². The second-order valence-electron chi connectivity index (χ2n) is 7.73. The van der Waals surface area contributed by atoms with Gasteiger partial charge in [0.1, 0.15) is 0 Å². The van der Waals surface area contributed by atoms with Crippen LogP contribution in [0.2, 0.25) is 0 Å². The number of carbonyl (C=O) groups is 1. The molecule has 0 N–H and O–H groups in total. The van der Waals surface area contributed by atoms with E-state index in [0.717, 1.165) is 24.2 Å². The summed E-state index contributed by atoms with van der Waals surface area (Å²) in [5, 5.41) is 0. The van der Waals surface area contributed by atoms with Crippen LogP contribution in [-0.4, -0.2) is 73.4 Å². The third kappa shape index (κ3) is 5.45. The zero-order valence-corrected chi connectivity index (χ0v) is 17.4. The highest BCUT2D eigenvalue weighted by Gasteiger charge is 2.34. The molecule has 1 saturated heterocycles. The first-order valence-electron chi connectivity index (χ1n) is 9.71. The maximum absolute atomic E-state index is 13.0. The highest BCUT2D eigenvalue weighted by molar-refractivity contribution is 7.91. The van der Waals surface area contributed by atoms with Gasteiger partial charge in [0.25, 0.3) is 0 Å². The van der Waals surface area contributed by atoms with E-state index in [-0.39, 0.29) is 23.5 Å². The quantitative estimate of drug-likeness (QED) is 0.676. The first-order chi connectivity index (χ1) is 13.3. The lowest BCUT2D eigenvalue weighted by molar-refractivity contribution is -0.132. The first kappa shape index (κ1) is 20.6. The first-order valence-corrected chi connectivity index (χ1v) is 11.5. The lowest BCUT2D eigenvalue weighted by atomic mass is 10.1. The van der Waals surface area contributed by atoms with Gasteiger partial charge in [-0.15, -0.1) is 0 Å². The maximum atomic E-state index is 13.0. The van der Waals surface area contributed by atoms with Gasteiger partial charge in [-0.3, -0.25) is 4.79 Å². The van der Waals surface area contributed by atoms with Crippen LogP contribution in [0.5, 0.6) is 0 Å². The molecule has 1 aliphatic heterocycles. The molecule has 1 atom stereocenters. The van der Waals surface area contributed by atoms with Gasteiger partial charge in [0, 0.05) is 30.7 Å². The summed E-state index contributed by atoms with van der Waals surface area (Å²) in [6.07, 6.45) is 5.63. The van der Waals surface area contributed by atoms with Gasteiger partial charge in [0.15, 0.2) is 9.84 Å². The van der Waals surface area contributed by atoms with Crippen molar-refractivity contribution in [3.63, 3.8) is 0 Å². The fourth-order valence-corrected chi connectivity index (χ4v) is 5.39. The number of hydrogen-bond donors (Lipinski definition) is 0. The Morgan fingerprint density at radius 3 is 2.36 bits per heavy atom. The molecule has 0 radical (unpaired) electrons. The smallest absolute Gasteiger partial charge is 0.227 e. The Hall–Kier alpha value is -2.12. The summed E-state index contributed by atoms with van der Waals surface area (Å²) in [6.45, 7) is 1.47. The van der Waals surface area contributed by atoms with Crippen LogP contribution in [0.25, 0.3) is 5.69 Å². The van der Waals surface area contributed by atoms with Gasteiger partial charge in [-0.05, 0) is 63.3 Å².